The summed E-state index contributed by atoms with van der Waals surface area (Å²) in [4.78, 5) is 11.4. The molecule has 1 aromatic rings. The minimum atomic E-state index is -0.788. The first-order valence-electron chi connectivity index (χ1n) is 4.83. The molecule has 0 saturated carbocycles. The monoisotopic (exact) mass is 253 g/mol. The van der Waals surface area contributed by atoms with Crippen LogP contribution >= 0.6 is 11.6 Å². The van der Waals surface area contributed by atoms with Crippen molar-refractivity contribution in [2.75, 3.05) is 6.61 Å². The van der Waals surface area contributed by atoms with Gasteiger partial charge in [0.2, 0.25) is 0 Å². The Balaban J connectivity index is 3.13. The van der Waals surface area contributed by atoms with Crippen molar-refractivity contribution in [2.45, 2.75) is 6.92 Å². The van der Waals surface area contributed by atoms with Gasteiger partial charge in [-0.05, 0) is 24.6 Å². The smallest absolute Gasteiger partial charge is 0.350 e. The highest BCUT2D eigenvalue weighted by Crippen LogP contribution is 2.23. The van der Waals surface area contributed by atoms with Gasteiger partial charge < -0.3 is 4.74 Å². The van der Waals surface area contributed by atoms with Crippen LogP contribution in [0.15, 0.2) is 29.8 Å². The predicted molar refractivity (Wildman–Crippen MR) is 61.4 cm³/mol. The van der Waals surface area contributed by atoms with Crippen molar-refractivity contribution in [1.29, 1.82) is 5.26 Å². The summed E-state index contributed by atoms with van der Waals surface area (Å²) in [5, 5.41) is 8.79. The number of nitrogens with zero attached hydrogens (tertiary/aromatic N) is 1. The van der Waals surface area contributed by atoms with Crippen molar-refractivity contribution >= 4 is 22.6 Å². The maximum Gasteiger partial charge on any atom is 0.350 e. The van der Waals surface area contributed by atoms with E-state index in [-0.39, 0.29) is 17.2 Å². The van der Waals surface area contributed by atoms with E-state index < -0.39 is 11.8 Å². The number of carbonyl (C=O) groups is 1. The zero-order valence-corrected chi connectivity index (χ0v) is 9.79. The Morgan fingerprint density at radius 2 is 2.06 bits per heavy atom. The molecular weight excluding hydrogens is 245 g/mol. The lowest BCUT2D eigenvalue weighted by Crippen LogP contribution is -2.07. The molecule has 1 rings (SSSR count). The van der Waals surface area contributed by atoms with Gasteiger partial charge in [-0.1, -0.05) is 23.7 Å². The molecule has 0 fully saturated rings. The van der Waals surface area contributed by atoms with E-state index in [1.54, 1.807) is 13.0 Å². The van der Waals surface area contributed by atoms with Crippen molar-refractivity contribution in [2.24, 2.45) is 0 Å². The van der Waals surface area contributed by atoms with E-state index in [1.165, 1.54) is 24.3 Å². The predicted octanol–water partition coefficient (Wildman–Crippen LogP) is 2.86. The van der Waals surface area contributed by atoms with E-state index in [2.05, 4.69) is 4.74 Å². The summed E-state index contributed by atoms with van der Waals surface area (Å²) in [6.07, 6.45) is 0. The number of ether oxygens (including phenoxy) is 1. The maximum atomic E-state index is 12.7. The van der Waals surface area contributed by atoms with E-state index in [1.807, 2.05) is 0 Å². The van der Waals surface area contributed by atoms with Crippen LogP contribution in [0.5, 0.6) is 0 Å². The van der Waals surface area contributed by atoms with Gasteiger partial charge in [0.1, 0.15) is 11.9 Å². The highest BCUT2D eigenvalue weighted by molar-refractivity contribution is 6.51. The summed E-state index contributed by atoms with van der Waals surface area (Å²) in [7, 11) is 0. The topological polar surface area (TPSA) is 50.1 Å². The first-order valence-corrected chi connectivity index (χ1v) is 5.20. The normalized spacial score (nSPS) is 11.4. The molecule has 0 heterocycles. The molecule has 0 unspecified atom stereocenters. The van der Waals surface area contributed by atoms with E-state index in [0.717, 1.165) is 0 Å². The van der Waals surface area contributed by atoms with Gasteiger partial charge in [-0.25, -0.2) is 9.18 Å². The molecule has 17 heavy (non-hydrogen) atoms. The molecule has 0 bridgehead atoms. The van der Waals surface area contributed by atoms with Gasteiger partial charge in [0.05, 0.1) is 11.6 Å². The van der Waals surface area contributed by atoms with Gasteiger partial charge in [0.25, 0.3) is 0 Å². The molecule has 0 aromatic heterocycles. The van der Waals surface area contributed by atoms with Crippen LogP contribution in [-0.4, -0.2) is 12.6 Å². The van der Waals surface area contributed by atoms with E-state index in [0.29, 0.717) is 5.56 Å². The molecule has 0 aliphatic carbocycles. The van der Waals surface area contributed by atoms with Gasteiger partial charge in [-0.2, -0.15) is 5.26 Å². The lowest BCUT2D eigenvalue weighted by atomic mass is 10.1. The third-order valence-corrected chi connectivity index (χ3v) is 2.32. The molecule has 0 saturated heterocycles. The maximum absolute atomic E-state index is 12.7. The second-order valence-electron chi connectivity index (χ2n) is 3.03. The molecule has 5 heteroatoms. The van der Waals surface area contributed by atoms with Crippen LogP contribution in [-0.2, 0) is 9.53 Å². The highest BCUT2D eigenvalue weighted by atomic mass is 35.5. The van der Waals surface area contributed by atoms with Crippen molar-refractivity contribution in [1.82, 2.24) is 0 Å². The van der Waals surface area contributed by atoms with Crippen LogP contribution in [0.1, 0.15) is 12.5 Å². The second-order valence-corrected chi connectivity index (χ2v) is 3.41. The summed E-state index contributed by atoms with van der Waals surface area (Å²) >= 11 is 5.89. The average Bonchev–Trinajstić information content (AvgIpc) is 2.31. The minimum absolute atomic E-state index is 0.0500. The molecule has 0 atom stereocenters. The second kappa shape index (κ2) is 6.02. The summed E-state index contributed by atoms with van der Waals surface area (Å²) in [6, 6.07) is 6.83. The number of nitriles is 1. The summed E-state index contributed by atoms with van der Waals surface area (Å²) in [5.74, 6) is -1.21. The van der Waals surface area contributed by atoms with Gasteiger partial charge in [-0.15, -0.1) is 0 Å². The largest absolute Gasteiger partial charge is 0.462 e. The summed E-state index contributed by atoms with van der Waals surface area (Å²) < 4.78 is 17.4. The van der Waals surface area contributed by atoms with Gasteiger partial charge in [0, 0.05) is 0 Å². The Morgan fingerprint density at radius 1 is 1.47 bits per heavy atom. The third-order valence-electron chi connectivity index (χ3n) is 1.91. The summed E-state index contributed by atoms with van der Waals surface area (Å²) in [5.41, 5.74) is 0.0952. The van der Waals surface area contributed by atoms with Crippen molar-refractivity contribution < 1.29 is 13.9 Å². The Hall–Kier alpha value is -1.86. The summed E-state index contributed by atoms with van der Waals surface area (Å²) in [6.45, 7) is 1.77. The van der Waals surface area contributed by atoms with Crippen molar-refractivity contribution in [3.8, 4) is 6.07 Å². The number of hydrogen-bond donors (Lipinski definition) is 0. The standard InChI is InChI=1S/C12H9ClFNO2/c1-2-17-12(16)10(7-15)11(13)8-3-5-9(14)6-4-8/h3-6H,2H2,1H3. The van der Waals surface area contributed by atoms with Crippen LogP contribution in [0, 0.1) is 17.1 Å². The number of carbonyl (C=O) groups excluding carboxylic acids is 1. The van der Waals surface area contributed by atoms with Crippen LogP contribution in [0.2, 0.25) is 0 Å². The minimum Gasteiger partial charge on any atom is -0.462 e. The van der Waals surface area contributed by atoms with Crippen LogP contribution in [0.4, 0.5) is 4.39 Å². The first-order chi connectivity index (χ1) is 8.10. The average molecular weight is 254 g/mol. The number of benzene rings is 1. The molecule has 0 radical (unpaired) electrons. The fourth-order valence-electron chi connectivity index (χ4n) is 1.13. The van der Waals surface area contributed by atoms with E-state index in [9.17, 15) is 9.18 Å². The quantitative estimate of drug-likeness (QED) is 0.473. The lowest BCUT2D eigenvalue weighted by molar-refractivity contribution is -0.137. The zero-order valence-electron chi connectivity index (χ0n) is 9.04. The van der Waals surface area contributed by atoms with Crippen LogP contribution in [0.3, 0.4) is 0 Å². The van der Waals surface area contributed by atoms with Crippen LogP contribution in [0.25, 0.3) is 5.03 Å². The molecule has 3 nitrogen and oxygen atoms in total. The molecule has 0 N–H and O–H groups in total. The molecule has 0 aliphatic heterocycles. The van der Waals surface area contributed by atoms with Gasteiger partial charge in [-0.3, -0.25) is 0 Å². The number of hydrogen-bond acceptors (Lipinski definition) is 3. The number of esters is 1. The molecule has 0 amide bonds. The Labute approximate surface area is 103 Å². The fraction of sp³-hybridized carbons (Fsp3) is 0.167. The molecule has 1 aromatic carbocycles. The van der Waals surface area contributed by atoms with Crippen molar-refractivity contribution in [3.63, 3.8) is 0 Å². The van der Waals surface area contributed by atoms with Gasteiger partial charge >= 0.3 is 5.97 Å². The Kier molecular flexibility index (Phi) is 4.68. The lowest BCUT2D eigenvalue weighted by Gasteiger charge is -2.03. The van der Waals surface area contributed by atoms with E-state index in [4.69, 9.17) is 16.9 Å². The highest BCUT2D eigenvalue weighted by Gasteiger charge is 2.16. The van der Waals surface area contributed by atoms with Crippen LogP contribution < -0.4 is 0 Å². The Bertz CT molecular complexity index is 488. The number of rotatable bonds is 3. The Morgan fingerprint density at radius 3 is 2.53 bits per heavy atom. The molecule has 88 valence electrons. The van der Waals surface area contributed by atoms with Crippen molar-refractivity contribution in [3.05, 3.63) is 41.2 Å². The zero-order chi connectivity index (χ0) is 12.8. The van der Waals surface area contributed by atoms with Gasteiger partial charge in [0.15, 0.2) is 5.57 Å². The first kappa shape index (κ1) is 13.2. The fourth-order valence-corrected chi connectivity index (χ4v) is 1.37. The van der Waals surface area contributed by atoms with E-state index >= 15 is 0 Å². The molecule has 0 aliphatic rings. The third kappa shape index (κ3) is 3.30. The SMILES string of the molecule is CCOC(=O)C(C#N)=C(Cl)c1ccc(F)cc1. The number of halogens is 2. The molecule has 0 spiro atoms. The molecular formula is C12H9ClFNO2.